The molecule has 62 heavy (non-hydrogen) atoms. The normalized spacial score (nSPS) is 20.1. The quantitative estimate of drug-likeness (QED) is 0.131. The number of carbonyl (C=O) groups excluding carboxylic acids is 4. The van der Waals surface area contributed by atoms with Crippen molar-refractivity contribution in [2.24, 2.45) is 29.6 Å². The monoisotopic (exact) mass is 882 g/mol. The molecule has 14 heteroatoms. The number of methoxy groups -OCH3 is 2. The summed E-state index contributed by atoms with van der Waals surface area (Å²) in [7, 11) is 7.06. The van der Waals surface area contributed by atoms with E-state index in [0.717, 1.165) is 62.7 Å². The van der Waals surface area contributed by atoms with Crippen molar-refractivity contribution < 1.29 is 28.7 Å². The molecule has 0 spiro atoms. The van der Waals surface area contributed by atoms with E-state index in [-0.39, 0.29) is 72.2 Å². The molecule has 2 fully saturated rings. The Morgan fingerprint density at radius 1 is 0.952 bits per heavy atom. The molecule has 2 aliphatic rings. The maximum Gasteiger partial charge on any atom is 0.226 e. The first-order chi connectivity index (χ1) is 29.6. The first-order valence-corrected chi connectivity index (χ1v) is 24.0. The van der Waals surface area contributed by atoms with Crippen LogP contribution in [0.4, 0.5) is 0 Å². The van der Waals surface area contributed by atoms with Gasteiger partial charge in [0.05, 0.1) is 48.7 Å². The topological polar surface area (TPSA) is 137 Å². The lowest BCUT2D eigenvalue weighted by molar-refractivity contribution is -0.149. The molecule has 0 saturated carbocycles. The Balaban J connectivity index is 1.46. The molecule has 3 amide bonds. The number of nitrogens with one attached hydrogen (secondary N) is 2. The molecule has 9 atom stereocenters. The Bertz CT molecular complexity index is 1660. The summed E-state index contributed by atoms with van der Waals surface area (Å²) in [4.78, 5) is 70.1. The van der Waals surface area contributed by atoms with E-state index < -0.39 is 30.1 Å². The number of amides is 3. The molecule has 0 bridgehead atoms. The zero-order chi connectivity index (χ0) is 45.5. The summed E-state index contributed by atoms with van der Waals surface area (Å²) in [6.45, 7) is 20.5. The number of likely N-dealkylation sites (tertiary alicyclic amines) is 1. The van der Waals surface area contributed by atoms with Crippen LogP contribution in [0.2, 0.25) is 0 Å². The van der Waals surface area contributed by atoms with Gasteiger partial charge < -0.3 is 29.9 Å². The first-order valence-electron chi connectivity index (χ1n) is 23.1. The van der Waals surface area contributed by atoms with Gasteiger partial charge in [0.25, 0.3) is 0 Å². The Morgan fingerprint density at radius 3 is 2.23 bits per heavy atom. The number of rotatable bonds is 25. The van der Waals surface area contributed by atoms with Gasteiger partial charge in [0.15, 0.2) is 5.78 Å². The van der Waals surface area contributed by atoms with Crippen molar-refractivity contribution in [2.45, 2.75) is 123 Å². The largest absolute Gasteiger partial charge is 0.379 e. The van der Waals surface area contributed by atoms with Gasteiger partial charge in [0.2, 0.25) is 17.7 Å². The van der Waals surface area contributed by atoms with E-state index in [1.54, 1.807) is 25.3 Å². The fourth-order valence-electron chi connectivity index (χ4n) is 9.77. The summed E-state index contributed by atoms with van der Waals surface area (Å²) < 4.78 is 12.2. The molecule has 348 valence electrons. The number of benzene rings is 1. The maximum atomic E-state index is 14.7. The van der Waals surface area contributed by atoms with Gasteiger partial charge in [-0.2, -0.15) is 0 Å². The highest BCUT2D eigenvalue weighted by molar-refractivity contribution is 7.09. The molecule has 13 nitrogen and oxygen atoms in total. The Hall–Kier alpha value is -3.27. The van der Waals surface area contributed by atoms with Crippen molar-refractivity contribution in [3.63, 3.8) is 0 Å². The van der Waals surface area contributed by atoms with Gasteiger partial charge >= 0.3 is 0 Å². The summed E-state index contributed by atoms with van der Waals surface area (Å²) in [6.07, 6.45) is 3.72. The average Bonchev–Trinajstić information content (AvgIpc) is 3.99. The van der Waals surface area contributed by atoms with E-state index in [1.165, 1.54) is 11.3 Å². The fourth-order valence-corrected chi connectivity index (χ4v) is 10.5. The van der Waals surface area contributed by atoms with Crippen molar-refractivity contribution in [3.8, 4) is 0 Å². The highest BCUT2D eigenvalue weighted by Gasteiger charge is 2.43. The molecule has 2 aromatic rings. The number of piperazine rings is 1. The molecule has 0 aliphatic carbocycles. The first kappa shape index (κ1) is 51.4. The van der Waals surface area contributed by atoms with Gasteiger partial charge in [0, 0.05) is 91.0 Å². The third-order valence-electron chi connectivity index (χ3n) is 13.6. The van der Waals surface area contributed by atoms with Crippen LogP contribution in [0, 0.1) is 29.6 Å². The van der Waals surface area contributed by atoms with E-state index in [9.17, 15) is 19.2 Å². The number of ether oxygens (including phenoxy) is 2. The minimum atomic E-state index is -0.588. The third-order valence-corrected chi connectivity index (χ3v) is 14.5. The molecular formula is C48H79N7O6S. The summed E-state index contributed by atoms with van der Waals surface area (Å²) >= 11 is 1.51. The number of carbonyl (C=O) groups is 4. The SMILES string of the molecule is CC[C@H](C)[C@@H]([C@@H](CC(=O)N1CCC[C@H]1[C@H](OC)[C@@H](C)C(=O)N[C@@H](Cc1ccccc1)c1nccs1)OC)N(C)C(=O)[C@@H](CC(=O)[C@H](C(C)C)N(C)CCN1CCNCC1)C(C)C. The smallest absolute Gasteiger partial charge is 0.226 e. The van der Waals surface area contributed by atoms with Gasteiger partial charge in [-0.3, -0.25) is 29.0 Å². The van der Waals surface area contributed by atoms with Gasteiger partial charge in [-0.15, -0.1) is 11.3 Å². The Kier molecular flexibility index (Phi) is 20.9. The van der Waals surface area contributed by atoms with Crippen LogP contribution in [0.15, 0.2) is 41.9 Å². The second-order valence-corrected chi connectivity index (χ2v) is 19.4. The Labute approximate surface area is 377 Å². The number of Topliss-reactive ketones (excluding diaryl/α,β-unsaturated/α-hetero) is 1. The van der Waals surface area contributed by atoms with Crippen LogP contribution in [0.3, 0.4) is 0 Å². The third kappa shape index (κ3) is 13.9. The summed E-state index contributed by atoms with van der Waals surface area (Å²) in [5, 5.41) is 9.40. The number of aromatic nitrogens is 1. The lowest BCUT2D eigenvalue weighted by atomic mass is 9.83. The van der Waals surface area contributed by atoms with Gasteiger partial charge in [-0.1, -0.05) is 85.2 Å². The van der Waals surface area contributed by atoms with Gasteiger partial charge in [-0.25, -0.2) is 4.98 Å². The van der Waals surface area contributed by atoms with Gasteiger partial charge in [-0.05, 0) is 49.6 Å². The van der Waals surface area contributed by atoms with Crippen LogP contribution >= 0.6 is 11.3 Å². The molecule has 0 radical (unpaired) electrons. The molecule has 0 unspecified atom stereocenters. The Morgan fingerprint density at radius 2 is 1.65 bits per heavy atom. The molecule has 1 aromatic heterocycles. The molecule has 2 aliphatic heterocycles. The summed E-state index contributed by atoms with van der Waals surface area (Å²) in [5.41, 5.74) is 1.10. The summed E-state index contributed by atoms with van der Waals surface area (Å²) in [6, 6.07) is 8.74. The van der Waals surface area contributed by atoms with Crippen LogP contribution in [0.25, 0.3) is 0 Å². The molecular weight excluding hydrogens is 803 g/mol. The van der Waals surface area contributed by atoms with Crippen LogP contribution in [0.5, 0.6) is 0 Å². The predicted octanol–water partition coefficient (Wildman–Crippen LogP) is 5.56. The van der Waals surface area contributed by atoms with E-state index >= 15 is 0 Å². The highest BCUT2D eigenvalue weighted by Crippen LogP contribution is 2.32. The van der Waals surface area contributed by atoms with Crippen molar-refractivity contribution in [1.82, 2.24) is 35.2 Å². The molecule has 2 saturated heterocycles. The number of hydrogen-bond donors (Lipinski definition) is 2. The predicted molar refractivity (Wildman–Crippen MR) is 248 cm³/mol. The van der Waals surface area contributed by atoms with E-state index in [1.807, 2.05) is 75.5 Å². The lowest BCUT2D eigenvalue weighted by Crippen LogP contribution is -2.54. The van der Waals surface area contributed by atoms with Crippen LogP contribution in [0.1, 0.15) is 97.2 Å². The highest BCUT2D eigenvalue weighted by atomic mass is 32.1. The molecule has 1 aromatic carbocycles. The minimum Gasteiger partial charge on any atom is -0.379 e. The zero-order valence-electron chi connectivity index (χ0n) is 39.7. The van der Waals surface area contributed by atoms with Crippen molar-refractivity contribution in [2.75, 3.05) is 74.1 Å². The number of hydrogen-bond acceptors (Lipinski definition) is 11. The minimum absolute atomic E-state index is 0.0104. The van der Waals surface area contributed by atoms with E-state index in [4.69, 9.17) is 9.47 Å². The van der Waals surface area contributed by atoms with Gasteiger partial charge in [0.1, 0.15) is 5.01 Å². The standard InChI is InChI=1S/C48H79N7O6S/c1-12-34(6)44(53(9)48(59)37(32(2)3)30-40(56)43(33(4)5)52(8)26-27-54-24-20-49-21-25-54)41(60-10)31-42(57)55-23-16-19-39(55)45(61-11)35(7)46(58)51-38(47-50-22-28-62-47)29-36-17-14-13-15-18-36/h13-15,17-18,22,28,32-35,37-39,41,43-45,49H,12,16,19-21,23-27,29-31H2,1-11H3,(H,51,58)/t34-,35+,37-,38-,39-,41+,43-,44-,45+/m0/s1. The van der Waals surface area contributed by atoms with Crippen molar-refractivity contribution in [3.05, 3.63) is 52.5 Å². The van der Waals surface area contributed by atoms with Crippen LogP contribution in [-0.2, 0) is 35.1 Å². The molecule has 2 N–H and O–H groups in total. The summed E-state index contributed by atoms with van der Waals surface area (Å²) in [5.74, 6) is -1.29. The van der Waals surface area contributed by atoms with E-state index in [2.05, 4.69) is 53.1 Å². The van der Waals surface area contributed by atoms with Crippen molar-refractivity contribution in [1.29, 1.82) is 0 Å². The average molecular weight is 882 g/mol. The van der Waals surface area contributed by atoms with Crippen LogP contribution in [-0.4, -0.2) is 153 Å². The second-order valence-electron chi connectivity index (χ2n) is 18.5. The number of nitrogens with zero attached hydrogens (tertiary/aromatic N) is 5. The fraction of sp³-hybridized carbons (Fsp3) is 0.729. The van der Waals surface area contributed by atoms with E-state index in [0.29, 0.717) is 19.4 Å². The van der Waals surface area contributed by atoms with Crippen LogP contribution < -0.4 is 10.6 Å². The molecule has 3 heterocycles. The second kappa shape index (κ2) is 25.3. The zero-order valence-corrected chi connectivity index (χ0v) is 40.5. The van der Waals surface area contributed by atoms with Crippen molar-refractivity contribution >= 4 is 34.8 Å². The molecule has 4 rings (SSSR count). The number of thiazole rings is 1. The number of likely N-dealkylation sites (N-methyl/N-ethyl adjacent to an activating group) is 2. The number of ketones is 1. The maximum absolute atomic E-state index is 14.7. The lowest BCUT2D eigenvalue weighted by Gasteiger charge is -2.41.